The first-order valence-corrected chi connectivity index (χ1v) is 12.3. The lowest BCUT2D eigenvalue weighted by Gasteiger charge is -2.56. The summed E-state index contributed by atoms with van der Waals surface area (Å²) < 4.78 is 0. The lowest BCUT2D eigenvalue weighted by Crippen LogP contribution is -2.48. The van der Waals surface area contributed by atoms with Crippen molar-refractivity contribution in [1.29, 1.82) is 0 Å². The van der Waals surface area contributed by atoms with Crippen LogP contribution in [0.3, 0.4) is 0 Å². The Morgan fingerprint density at radius 1 is 0.833 bits per heavy atom. The smallest absolute Gasteiger partial charge is 0.0788 e. The summed E-state index contributed by atoms with van der Waals surface area (Å²) in [4.78, 5) is 5.42. The van der Waals surface area contributed by atoms with Gasteiger partial charge in [0.25, 0.3) is 0 Å². The van der Waals surface area contributed by atoms with Crippen LogP contribution in [-0.4, -0.2) is 4.98 Å². The number of para-hydroxylation sites is 1. The summed E-state index contributed by atoms with van der Waals surface area (Å²) in [5.74, 6) is 1.44. The maximum Gasteiger partial charge on any atom is 0.0788 e. The number of hydrogen-bond acceptors (Lipinski definition) is 1. The van der Waals surface area contributed by atoms with Gasteiger partial charge in [-0.15, -0.1) is 0 Å². The minimum Gasteiger partial charge on any atom is -0.252 e. The van der Waals surface area contributed by atoms with Gasteiger partial charge in [-0.1, -0.05) is 92.7 Å². The van der Waals surface area contributed by atoms with Crippen molar-refractivity contribution in [3.63, 3.8) is 0 Å². The number of hydrogen-bond donors (Lipinski definition) is 0. The maximum atomic E-state index is 5.42. The zero-order valence-electron chi connectivity index (χ0n) is 17.5. The van der Waals surface area contributed by atoms with Gasteiger partial charge in [0.2, 0.25) is 0 Å². The molecule has 30 heavy (non-hydrogen) atoms. The summed E-state index contributed by atoms with van der Waals surface area (Å²) in [6, 6.07) is 31.2. The van der Waals surface area contributed by atoms with Gasteiger partial charge in [-0.3, -0.25) is 4.98 Å². The fraction of sp³-hybridized carbons (Fsp3) is 0.250. The van der Waals surface area contributed by atoms with Crippen LogP contribution >= 0.6 is 7.92 Å². The minimum absolute atomic E-state index is 0.395. The summed E-state index contributed by atoms with van der Waals surface area (Å²) in [6.45, 7) is 4.88. The van der Waals surface area contributed by atoms with Gasteiger partial charge in [0.05, 0.1) is 5.52 Å². The molecule has 3 aliphatic rings. The molecule has 2 heteroatoms. The third kappa shape index (κ3) is 2.69. The van der Waals surface area contributed by atoms with Crippen LogP contribution in [0, 0.1) is 11.3 Å². The molecular formula is C28H26NP. The number of aromatic nitrogens is 1. The Bertz CT molecular complexity index is 1190. The normalized spacial score (nSPS) is 21.3. The first-order chi connectivity index (χ1) is 14.6. The molecule has 7 rings (SSSR count). The van der Waals surface area contributed by atoms with Crippen molar-refractivity contribution >= 4 is 34.7 Å². The van der Waals surface area contributed by atoms with Crippen LogP contribution in [0.4, 0.5) is 0 Å². The second-order valence-electron chi connectivity index (χ2n) is 9.40. The minimum atomic E-state index is -0.647. The van der Waals surface area contributed by atoms with Crippen LogP contribution < -0.4 is 15.9 Å². The first-order valence-electron chi connectivity index (χ1n) is 11.0. The number of rotatable bonds is 3. The number of fused-ring (bicyclic) bond motifs is 1. The third-order valence-corrected chi connectivity index (χ3v) is 9.95. The molecule has 0 saturated heterocycles. The molecule has 0 N–H and O–H groups in total. The van der Waals surface area contributed by atoms with Crippen LogP contribution in [0.2, 0.25) is 0 Å². The zero-order chi connectivity index (χ0) is 20.3. The topological polar surface area (TPSA) is 12.9 Å². The van der Waals surface area contributed by atoms with Crippen LogP contribution in [-0.2, 0) is 6.42 Å². The SMILES string of the molecule is CC1(C)[C@H]2Cc3cc4cccc(P(c5ccccc5)c5ccccc5)c4nc3[C@@H]1C2. The maximum absolute atomic E-state index is 5.42. The van der Waals surface area contributed by atoms with Crippen molar-refractivity contribution in [2.24, 2.45) is 11.3 Å². The van der Waals surface area contributed by atoms with Gasteiger partial charge < -0.3 is 0 Å². The standard InChI is InChI=1S/C28H26NP/c1-28(2)21-17-20-16-19-10-9-15-25(27(19)29-26(20)24(28)18-21)30(22-11-5-3-6-12-22)23-13-7-4-8-14-23/h3-16,21,24H,17-18H2,1-2H3/t21-,24-/m0/s1. The van der Waals surface area contributed by atoms with Crippen molar-refractivity contribution < 1.29 is 0 Å². The van der Waals surface area contributed by atoms with Gasteiger partial charge >= 0.3 is 0 Å². The summed E-state index contributed by atoms with van der Waals surface area (Å²) in [6.07, 6.45) is 2.50. The van der Waals surface area contributed by atoms with Gasteiger partial charge in [0.1, 0.15) is 0 Å². The Kier molecular flexibility index (Phi) is 4.12. The number of nitrogens with zero attached hydrogens (tertiary/aromatic N) is 1. The second-order valence-corrected chi connectivity index (χ2v) is 11.6. The van der Waals surface area contributed by atoms with Crippen LogP contribution in [0.15, 0.2) is 84.9 Å². The van der Waals surface area contributed by atoms with Crippen molar-refractivity contribution in [2.75, 3.05) is 0 Å². The molecule has 0 radical (unpaired) electrons. The highest BCUT2D eigenvalue weighted by Gasteiger charge is 2.53. The molecule has 148 valence electrons. The van der Waals surface area contributed by atoms with Gasteiger partial charge in [-0.25, -0.2) is 0 Å². The molecule has 0 unspecified atom stereocenters. The van der Waals surface area contributed by atoms with E-state index in [0.29, 0.717) is 11.3 Å². The Balaban J connectivity index is 1.59. The van der Waals surface area contributed by atoms with E-state index in [2.05, 4.69) is 98.8 Å². The monoisotopic (exact) mass is 407 g/mol. The average molecular weight is 407 g/mol. The molecule has 3 aliphatic carbocycles. The van der Waals surface area contributed by atoms with Gasteiger partial charge in [0, 0.05) is 22.3 Å². The van der Waals surface area contributed by atoms with E-state index in [1.807, 2.05) is 0 Å². The summed E-state index contributed by atoms with van der Waals surface area (Å²) in [7, 11) is -0.647. The highest BCUT2D eigenvalue weighted by Crippen LogP contribution is 2.61. The highest BCUT2D eigenvalue weighted by molar-refractivity contribution is 7.80. The summed E-state index contributed by atoms with van der Waals surface area (Å²) >= 11 is 0. The van der Waals surface area contributed by atoms with E-state index in [1.165, 1.54) is 50.9 Å². The fourth-order valence-corrected chi connectivity index (χ4v) is 7.98. The molecule has 1 fully saturated rings. The summed E-state index contributed by atoms with van der Waals surface area (Å²) in [5.41, 5.74) is 4.46. The Hall–Kier alpha value is -2.50. The lowest BCUT2D eigenvalue weighted by molar-refractivity contribution is 0.0158. The molecule has 0 spiro atoms. The molecule has 0 amide bonds. The van der Waals surface area contributed by atoms with Gasteiger partial charge in [-0.05, 0) is 54.3 Å². The van der Waals surface area contributed by atoms with E-state index in [9.17, 15) is 0 Å². The largest absolute Gasteiger partial charge is 0.252 e. The molecule has 1 aromatic heterocycles. The molecule has 3 aromatic carbocycles. The van der Waals surface area contributed by atoms with Crippen molar-refractivity contribution in [2.45, 2.75) is 32.6 Å². The Morgan fingerprint density at radius 2 is 1.50 bits per heavy atom. The quantitative estimate of drug-likeness (QED) is 0.398. The summed E-state index contributed by atoms with van der Waals surface area (Å²) in [5, 5.41) is 5.44. The highest BCUT2D eigenvalue weighted by atomic mass is 31.1. The first kappa shape index (κ1) is 18.3. The fourth-order valence-electron chi connectivity index (χ4n) is 5.56. The molecule has 0 aliphatic heterocycles. The van der Waals surface area contributed by atoms with E-state index in [0.717, 1.165) is 5.92 Å². The average Bonchev–Trinajstić information content (AvgIpc) is 2.79. The molecule has 2 atom stereocenters. The second kappa shape index (κ2) is 6.76. The molecule has 1 saturated carbocycles. The van der Waals surface area contributed by atoms with Gasteiger partial charge in [0.15, 0.2) is 0 Å². The predicted octanol–water partition coefficient (Wildman–Crippen LogP) is 5.68. The molecule has 2 bridgehead atoms. The van der Waals surface area contributed by atoms with Gasteiger partial charge in [-0.2, -0.15) is 0 Å². The van der Waals surface area contributed by atoms with E-state index in [1.54, 1.807) is 0 Å². The van der Waals surface area contributed by atoms with Crippen molar-refractivity contribution in [3.05, 3.63) is 96.2 Å². The van der Waals surface area contributed by atoms with E-state index < -0.39 is 7.92 Å². The lowest BCUT2D eigenvalue weighted by atomic mass is 9.48. The van der Waals surface area contributed by atoms with E-state index >= 15 is 0 Å². The third-order valence-electron chi connectivity index (χ3n) is 7.47. The van der Waals surface area contributed by atoms with Crippen molar-refractivity contribution in [3.8, 4) is 0 Å². The zero-order valence-corrected chi connectivity index (χ0v) is 18.4. The van der Waals surface area contributed by atoms with E-state index in [4.69, 9.17) is 4.98 Å². The molecule has 4 aromatic rings. The molecule has 1 nitrogen and oxygen atoms in total. The van der Waals surface area contributed by atoms with E-state index in [-0.39, 0.29) is 0 Å². The molecule has 1 heterocycles. The Labute approximate surface area is 179 Å². The number of pyridine rings is 1. The molecular weight excluding hydrogens is 381 g/mol. The number of benzene rings is 3. The predicted molar refractivity (Wildman–Crippen MR) is 129 cm³/mol. The van der Waals surface area contributed by atoms with Crippen LogP contribution in [0.1, 0.15) is 37.4 Å². The Morgan fingerprint density at radius 3 is 2.13 bits per heavy atom. The van der Waals surface area contributed by atoms with Crippen LogP contribution in [0.25, 0.3) is 10.9 Å². The van der Waals surface area contributed by atoms with Crippen LogP contribution in [0.5, 0.6) is 0 Å². The van der Waals surface area contributed by atoms with Crippen molar-refractivity contribution in [1.82, 2.24) is 4.98 Å².